The zero-order valence-corrected chi connectivity index (χ0v) is 12.8. The summed E-state index contributed by atoms with van der Waals surface area (Å²) in [5, 5.41) is 9.71. The summed E-state index contributed by atoms with van der Waals surface area (Å²) in [6.07, 6.45) is 0.861. The van der Waals surface area contributed by atoms with Crippen LogP contribution in [-0.4, -0.2) is 52.3 Å². The lowest BCUT2D eigenvalue weighted by atomic mass is 10.1. The Morgan fingerprint density at radius 1 is 1.27 bits per heavy atom. The molecule has 0 radical (unpaired) electrons. The lowest BCUT2D eigenvalue weighted by Gasteiger charge is -2.26. The summed E-state index contributed by atoms with van der Waals surface area (Å²) in [4.78, 5) is 38.2. The lowest BCUT2D eigenvalue weighted by molar-refractivity contribution is -0.149. The fourth-order valence-corrected chi connectivity index (χ4v) is 2.58. The fraction of sp³-hybridized carbons (Fsp3) is 0.438. The van der Waals surface area contributed by atoms with E-state index in [1.165, 1.54) is 4.90 Å². The van der Waals surface area contributed by atoms with Crippen LogP contribution in [0.1, 0.15) is 25.3 Å². The quantitative estimate of drug-likeness (QED) is 0.821. The molecule has 1 fully saturated rings. The van der Waals surface area contributed by atoms with Crippen molar-refractivity contribution in [3.05, 3.63) is 29.8 Å². The van der Waals surface area contributed by atoms with Gasteiger partial charge in [0.1, 0.15) is 11.8 Å². The van der Waals surface area contributed by atoms with Crippen molar-refractivity contribution in [2.75, 3.05) is 13.6 Å². The average molecular weight is 304 g/mol. The molecule has 6 heteroatoms. The van der Waals surface area contributed by atoms with Gasteiger partial charge in [0.2, 0.25) is 17.7 Å². The minimum absolute atomic E-state index is 0.179. The van der Waals surface area contributed by atoms with E-state index < -0.39 is 6.04 Å². The van der Waals surface area contributed by atoms with E-state index in [1.54, 1.807) is 32.2 Å². The number of phenols is 1. The fourth-order valence-electron chi connectivity index (χ4n) is 2.58. The minimum atomic E-state index is -0.781. The van der Waals surface area contributed by atoms with Gasteiger partial charge in [0, 0.05) is 26.4 Å². The third kappa shape index (κ3) is 3.27. The highest BCUT2D eigenvalue weighted by atomic mass is 16.3. The molecule has 1 heterocycles. The van der Waals surface area contributed by atoms with E-state index in [-0.39, 0.29) is 36.3 Å². The first-order valence-electron chi connectivity index (χ1n) is 7.28. The first-order chi connectivity index (χ1) is 10.4. The van der Waals surface area contributed by atoms with E-state index in [9.17, 15) is 19.5 Å². The van der Waals surface area contributed by atoms with Crippen LogP contribution in [0.15, 0.2) is 24.3 Å². The second kappa shape index (κ2) is 6.60. The molecule has 1 aliphatic heterocycles. The summed E-state index contributed by atoms with van der Waals surface area (Å²) in [6.45, 7) is 1.97. The number of carbonyl (C=O) groups excluding carboxylic acids is 3. The predicted molar refractivity (Wildman–Crippen MR) is 80.0 cm³/mol. The van der Waals surface area contributed by atoms with Gasteiger partial charge in [-0.1, -0.05) is 18.2 Å². The molecular formula is C16H20N2O4. The Morgan fingerprint density at radius 3 is 2.45 bits per heavy atom. The van der Waals surface area contributed by atoms with Crippen molar-refractivity contribution >= 4 is 17.7 Å². The van der Waals surface area contributed by atoms with Crippen LogP contribution in [-0.2, 0) is 20.8 Å². The molecule has 1 saturated heterocycles. The molecule has 1 aromatic rings. The number of likely N-dealkylation sites (N-methyl/N-ethyl adjacent to an activating group) is 1. The van der Waals surface area contributed by atoms with Crippen molar-refractivity contribution in [2.24, 2.45) is 0 Å². The van der Waals surface area contributed by atoms with E-state index in [4.69, 9.17) is 0 Å². The summed E-state index contributed by atoms with van der Waals surface area (Å²) >= 11 is 0. The molecule has 1 N–H and O–H groups in total. The molecule has 3 amide bonds. The maximum Gasteiger partial charge on any atom is 0.245 e. The Balaban J connectivity index is 1.96. The summed E-state index contributed by atoms with van der Waals surface area (Å²) in [5.74, 6) is -0.666. The van der Waals surface area contributed by atoms with Crippen molar-refractivity contribution in [2.45, 2.75) is 32.2 Å². The van der Waals surface area contributed by atoms with Crippen molar-refractivity contribution in [3.8, 4) is 5.75 Å². The molecule has 0 aromatic heterocycles. The van der Waals surface area contributed by atoms with Crippen LogP contribution in [0.3, 0.4) is 0 Å². The standard InChI is InChI=1S/C16H20N2O4/c1-11(18-14(20)7-8-15(18)21)16(22)17(2)10-9-12-5-3-4-6-13(12)19/h3-6,11,19H,7-10H2,1-2H3. The van der Waals surface area contributed by atoms with E-state index in [1.807, 2.05) is 6.07 Å². The Kier molecular flexibility index (Phi) is 4.80. The molecule has 0 spiro atoms. The number of hydrogen-bond donors (Lipinski definition) is 1. The van der Waals surface area contributed by atoms with Gasteiger partial charge in [-0.15, -0.1) is 0 Å². The first-order valence-corrected chi connectivity index (χ1v) is 7.28. The first kappa shape index (κ1) is 16.0. The Bertz CT molecular complexity index is 584. The van der Waals surface area contributed by atoms with Gasteiger partial charge in [-0.2, -0.15) is 0 Å². The van der Waals surface area contributed by atoms with Crippen molar-refractivity contribution < 1.29 is 19.5 Å². The molecule has 22 heavy (non-hydrogen) atoms. The Morgan fingerprint density at radius 2 is 1.86 bits per heavy atom. The van der Waals surface area contributed by atoms with E-state index >= 15 is 0 Å². The van der Waals surface area contributed by atoms with Gasteiger partial charge in [-0.05, 0) is 25.0 Å². The number of nitrogens with zero attached hydrogens (tertiary/aromatic N) is 2. The second-order valence-corrected chi connectivity index (χ2v) is 5.47. The summed E-state index contributed by atoms with van der Waals surface area (Å²) in [7, 11) is 1.63. The molecule has 1 aromatic carbocycles. The van der Waals surface area contributed by atoms with Crippen LogP contribution in [0.2, 0.25) is 0 Å². The van der Waals surface area contributed by atoms with Gasteiger partial charge in [0.15, 0.2) is 0 Å². The highest BCUT2D eigenvalue weighted by molar-refractivity contribution is 6.05. The number of aromatic hydroxyl groups is 1. The molecular weight excluding hydrogens is 284 g/mol. The highest BCUT2D eigenvalue weighted by Gasteiger charge is 2.37. The highest BCUT2D eigenvalue weighted by Crippen LogP contribution is 2.18. The third-order valence-corrected chi connectivity index (χ3v) is 3.92. The molecule has 2 rings (SSSR count). The number of imide groups is 1. The average Bonchev–Trinajstić information content (AvgIpc) is 2.83. The number of likely N-dealkylation sites (tertiary alicyclic amines) is 1. The molecule has 1 unspecified atom stereocenters. The van der Waals surface area contributed by atoms with Gasteiger partial charge in [-0.25, -0.2) is 0 Å². The summed E-state index contributed by atoms with van der Waals surface area (Å²) in [5.41, 5.74) is 0.753. The van der Waals surface area contributed by atoms with Crippen molar-refractivity contribution in [1.82, 2.24) is 9.80 Å². The maximum atomic E-state index is 12.3. The Hall–Kier alpha value is -2.37. The second-order valence-electron chi connectivity index (χ2n) is 5.47. The SMILES string of the molecule is CC(C(=O)N(C)CCc1ccccc1O)N1C(=O)CCC1=O. The summed E-state index contributed by atoms with van der Waals surface area (Å²) in [6, 6.07) is 6.17. The normalized spacial score (nSPS) is 16.0. The lowest BCUT2D eigenvalue weighted by Crippen LogP contribution is -2.48. The van der Waals surface area contributed by atoms with Gasteiger partial charge in [-0.3, -0.25) is 19.3 Å². The van der Waals surface area contributed by atoms with Gasteiger partial charge < -0.3 is 10.0 Å². The number of rotatable bonds is 5. The van der Waals surface area contributed by atoms with Gasteiger partial charge >= 0.3 is 0 Å². The van der Waals surface area contributed by atoms with E-state index in [0.717, 1.165) is 10.5 Å². The molecule has 118 valence electrons. The maximum absolute atomic E-state index is 12.3. The van der Waals surface area contributed by atoms with Crippen LogP contribution in [0.4, 0.5) is 0 Å². The molecule has 1 aliphatic rings. The third-order valence-electron chi connectivity index (χ3n) is 3.92. The number of para-hydroxylation sites is 1. The topological polar surface area (TPSA) is 77.9 Å². The van der Waals surface area contributed by atoms with Crippen LogP contribution >= 0.6 is 0 Å². The smallest absolute Gasteiger partial charge is 0.245 e. The van der Waals surface area contributed by atoms with Crippen LogP contribution in [0.5, 0.6) is 5.75 Å². The monoisotopic (exact) mass is 304 g/mol. The minimum Gasteiger partial charge on any atom is -0.508 e. The number of phenolic OH excluding ortho intramolecular Hbond substituents is 1. The van der Waals surface area contributed by atoms with E-state index in [2.05, 4.69) is 0 Å². The largest absolute Gasteiger partial charge is 0.508 e. The zero-order valence-electron chi connectivity index (χ0n) is 12.8. The molecule has 6 nitrogen and oxygen atoms in total. The van der Waals surface area contributed by atoms with Crippen LogP contribution in [0.25, 0.3) is 0 Å². The van der Waals surface area contributed by atoms with Gasteiger partial charge in [0.05, 0.1) is 0 Å². The molecule has 0 saturated carbocycles. The molecule has 0 bridgehead atoms. The zero-order chi connectivity index (χ0) is 16.3. The predicted octanol–water partition coefficient (Wildman–Crippen LogP) is 0.931. The van der Waals surface area contributed by atoms with Crippen LogP contribution < -0.4 is 0 Å². The number of benzene rings is 1. The van der Waals surface area contributed by atoms with Gasteiger partial charge in [0.25, 0.3) is 0 Å². The molecule has 1 atom stereocenters. The Labute approximate surface area is 129 Å². The number of hydrogen-bond acceptors (Lipinski definition) is 4. The van der Waals surface area contributed by atoms with E-state index in [0.29, 0.717) is 13.0 Å². The number of amides is 3. The molecule has 0 aliphatic carbocycles. The van der Waals surface area contributed by atoms with Crippen molar-refractivity contribution in [3.63, 3.8) is 0 Å². The summed E-state index contributed by atoms with van der Waals surface area (Å²) < 4.78 is 0. The number of carbonyl (C=O) groups is 3. The van der Waals surface area contributed by atoms with Crippen molar-refractivity contribution in [1.29, 1.82) is 0 Å². The van der Waals surface area contributed by atoms with Crippen LogP contribution in [0, 0.1) is 0 Å².